The number of sulfonamides is 1. The van der Waals surface area contributed by atoms with Gasteiger partial charge in [0.2, 0.25) is 15.9 Å². The summed E-state index contributed by atoms with van der Waals surface area (Å²) in [6.45, 7) is 3.81. The molecule has 0 aliphatic carbocycles. The van der Waals surface area contributed by atoms with Crippen LogP contribution in [0.1, 0.15) is 18.3 Å². The van der Waals surface area contributed by atoms with E-state index in [0.717, 1.165) is 27.6 Å². The average Bonchev–Trinajstić information content (AvgIpc) is 3.12. The maximum atomic E-state index is 12.6. The van der Waals surface area contributed by atoms with E-state index in [2.05, 4.69) is 10.3 Å². The topological polar surface area (TPSA) is 84.3 Å². The maximum Gasteiger partial charge on any atom is 0.243 e. The molecule has 0 aliphatic rings. The van der Waals surface area contributed by atoms with Crippen molar-refractivity contribution in [3.8, 4) is 5.69 Å². The summed E-state index contributed by atoms with van der Waals surface area (Å²) in [4.78, 5) is 16.9. The van der Waals surface area contributed by atoms with Crippen molar-refractivity contribution in [1.82, 2.24) is 14.9 Å². The van der Waals surface area contributed by atoms with Crippen LogP contribution in [0.15, 0.2) is 67.0 Å². The lowest BCUT2D eigenvalue weighted by atomic mass is 10.2. The Kier molecular flexibility index (Phi) is 6.03. The number of nitrogens with one attached hydrogen (secondary N) is 1. The third-order valence-electron chi connectivity index (χ3n) is 4.61. The Labute approximate surface area is 171 Å². The molecule has 3 aromatic rings. The van der Waals surface area contributed by atoms with Gasteiger partial charge in [-0.1, -0.05) is 30.3 Å². The van der Waals surface area contributed by atoms with Gasteiger partial charge in [-0.2, -0.15) is 0 Å². The SMILES string of the molecule is Cc1nccn1-c1ccc(CNC(=O)[C@@H](C)N(c2ccccc2)S(C)(=O)=O)cc1. The number of hydrogen-bond donors (Lipinski definition) is 1. The van der Waals surface area contributed by atoms with Crippen molar-refractivity contribution in [3.63, 3.8) is 0 Å². The van der Waals surface area contributed by atoms with Crippen LogP contribution in [0.25, 0.3) is 5.69 Å². The standard InChI is InChI=1S/C21H24N4O3S/c1-16(25(29(3,27)28)20-7-5-4-6-8-20)21(26)23-15-18-9-11-19(12-10-18)24-14-13-22-17(24)2/h4-14,16H,15H2,1-3H3,(H,23,26)/t16-/m1/s1. The van der Waals surface area contributed by atoms with E-state index in [0.29, 0.717) is 12.2 Å². The molecular formula is C21H24N4O3S. The number of aryl methyl sites for hydroxylation is 1. The highest BCUT2D eigenvalue weighted by Crippen LogP contribution is 2.20. The van der Waals surface area contributed by atoms with Gasteiger partial charge in [-0.15, -0.1) is 0 Å². The summed E-state index contributed by atoms with van der Waals surface area (Å²) in [7, 11) is -3.62. The molecule has 0 radical (unpaired) electrons. The quantitative estimate of drug-likeness (QED) is 0.647. The van der Waals surface area contributed by atoms with Crippen molar-refractivity contribution in [3.05, 3.63) is 78.4 Å². The first-order valence-corrected chi connectivity index (χ1v) is 11.0. The Balaban J connectivity index is 1.68. The van der Waals surface area contributed by atoms with Crippen LogP contribution in [-0.4, -0.2) is 36.2 Å². The average molecular weight is 413 g/mol. The van der Waals surface area contributed by atoms with Gasteiger partial charge in [0, 0.05) is 24.6 Å². The molecule has 0 saturated heterocycles. The minimum Gasteiger partial charge on any atom is -0.350 e. The zero-order valence-corrected chi connectivity index (χ0v) is 17.4. The highest BCUT2D eigenvalue weighted by molar-refractivity contribution is 7.92. The Morgan fingerprint density at radius 3 is 2.34 bits per heavy atom. The molecule has 0 aliphatic heterocycles. The molecule has 1 atom stereocenters. The molecular weight excluding hydrogens is 388 g/mol. The lowest BCUT2D eigenvalue weighted by Crippen LogP contribution is -2.47. The summed E-state index contributed by atoms with van der Waals surface area (Å²) in [5.41, 5.74) is 2.35. The molecule has 0 unspecified atom stereocenters. The van der Waals surface area contributed by atoms with E-state index in [4.69, 9.17) is 0 Å². The summed E-state index contributed by atoms with van der Waals surface area (Å²) in [5.74, 6) is 0.524. The van der Waals surface area contributed by atoms with Gasteiger partial charge in [0.1, 0.15) is 11.9 Å². The van der Waals surface area contributed by atoms with Crippen LogP contribution in [-0.2, 0) is 21.4 Å². The van der Waals surface area contributed by atoms with E-state index in [-0.39, 0.29) is 5.91 Å². The minimum absolute atomic E-state index is 0.304. The van der Waals surface area contributed by atoms with Crippen molar-refractivity contribution >= 4 is 21.6 Å². The number of benzene rings is 2. The molecule has 152 valence electrons. The second-order valence-electron chi connectivity index (χ2n) is 6.80. The molecule has 29 heavy (non-hydrogen) atoms. The molecule has 1 amide bonds. The highest BCUT2D eigenvalue weighted by atomic mass is 32.2. The first kappa shape index (κ1) is 20.6. The number of carbonyl (C=O) groups is 1. The van der Waals surface area contributed by atoms with Crippen LogP contribution < -0.4 is 9.62 Å². The number of anilines is 1. The Morgan fingerprint density at radius 1 is 1.14 bits per heavy atom. The van der Waals surface area contributed by atoms with Gasteiger partial charge >= 0.3 is 0 Å². The molecule has 1 aromatic heterocycles. The monoisotopic (exact) mass is 412 g/mol. The third kappa shape index (κ3) is 4.83. The van der Waals surface area contributed by atoms with Crippen molar-refractivity contribution in [1.29, 1.82) is 0 Å². The summed E-state index contributed by atoms with van der Waals surface area (Å²) >= 11 is 0. The number of nitrogens with zero attached hydrogens (tertiary/aromatic N) is 3. The highest BCUT2D eigenvalue weighted by Gasteiger charge is 2.28. The van der Waals surface area contributed by atoms with Gasteiger partial charge < -0.3 is 9.88 Å². The summed E-state index contributed by atoms with van der Waals surface area (Å²) in [6.07, 6.45) is 4.73. The summed E-state index contributed by atoms with van der Waals surface area (Å²) in [6, 6.07) is 15.5. The number of hydrogen-bond acceptors (Lipinski definition) is 4. The van der Waals surface area contributed by atoms with Crippen LogP contribution >= 0.6 is 0 Å². The largest absolute Gasteiger partial charge is 0.350 e. The number of carbonyl (C=O) groups excluding carboxylic acids is 1. The fourth-order valence-corrected chi connectivity index (χ4v) is 4.32. The molecule has 7 nitrogen and oxygen atoms in total. The smallest absolute Gasteiger partial charge is 0.243 e. The molecule has 0 bridgehead atoms. The normalized spacial score (nSPS) is 12.4. The van der Waals surface area contributed by atoms with Gasteiger partial charge in [0.25, 0.3) is 0 Å². The summed E-state index contributed by atoms with van der Waals surface area (Å²) in [5, 5.41) is 2.82. The lowest BCUT2D eigenvalue weighted by molar-refractivity contribution is -0.122. The van der Waals surface area contributed by atoms with Gasteiger partial charge in [0.05, 0.1) is 11.9 Å². The fraction of sp³-hybridized carbons (Fsp3) is 0.238. The number of amides is 1. The van der Waals surface area contributed by atoms with Crippen molar-refractivity contribution in [2.75, 3.05) is 10.6 Å². The van der Waals surface area contributed by atoms with Crippen molar-refractivity contribution in [2.24, 2.45) is 0 Å². The van der Waals surface area contributed by atoms with Crippen LogP contribution in [0, 0.1) is 6.92 Å². The summed E-state index contributed by atoms with van der Waals surface area (Å²) < 4.78 is 27.6. The molecule has 0 saturated carbocycles. The van der Waals surface area contributed by atoms with Gasteiger partial charge in [0.15, 0.2) is 0 Å². The van der Waals surface area contributed by atoms with Crippen molar-refractivity contribution in [2.45, 2.75) is 26.4 Å². The number of para-hydroxylation sites is 1. The van der Waals surface area contributed by atoms with E-state index in [1.54, 1.807) is 43.5 Å². The Hall–Kier alpha value is -3.13. The van der Waals surface area contributed by atoms with E-state index in [1.165, 1.54) is 0 Å². The Morgan fingerprint density at radius 2 is 1.79 bits per heavy atom. The third-order valence-corrected chi connectivity index (χ3v) is 5.85. The Bertz CT molecular complexity index is 1080. The van der Waals surface area contributed by atoms with Crippen molar-refractivity contribution < 1.29 is 13.2 Å². The van der Waals surface area contributed by atoms with Crippen LogP contribution in [0.4, 0.5) is 5.69 Å². The molecule has 1 heterocycles. The minimum atomic E-state index is -3.62. The molecule has 1 N–H and O–H groups in total. The first-order chi connectivity index (χ1) is 13.8. The van der Waals surface area contributed by atoms with Crippen LogP contribution in [0.3, 0.4) is 0 Å². The molecule has 0 fully saturated rings. The molecule has 3 rings (SSSR count). The predicted molar refractivity (Wildman–Crippen MR) is 113 cm³/mol. The van der Waals surface area contributed by atoms with Gasteiger partial charge in [-0.25, -0.2) is 13.4 Å². The van der Waals surface area contributed by atoms with E-state index < -0.39 is 16.1 Å². The maximum absolute atomic E-state index is 12.6. The number of aromatic nitrogens is 2. The fourth-order valence-electron chi connectivity index (χ4n) is 3.15. The zero-order valence-electron chi connectivity index (χ0n) is 16.6. The first-order valence-electron chi connectivity index (χ1n) is 9.19. The molecule has 8 heteroatoms. The number of rotatable bonds is 7. The predicted octanol–water partition coefficient (Wildman–Crippen LogP) is 2.65. The van der Waals surface area contributed by atoms with E-state index in [1.807, 2.05) is 42.0 Å². The molecule has 0 spiro atoms. The lowest BCUT2D eigenvalue weighted by Gasteiger charge is -2.28. The van der Waals surface area contributed by atoms with E-state index in [9.17, 15) is 13.2 Å². The number of imidazole rings is 1. The molecule has 2 aromatic carbocycles. The van der Waals surface area contributed by atoms with Gasteiger partial charge in [-0.05, 0) is 43.7 Å². The van der Waals surface area contributed by atoms with E-state index >= 15 is 0 Å². The second kappa shape index (κ2) is 8.48. The zero-order chi connectivity index (χ0) is 21.0. The second-order valence-corrected chi connectivity index (χ2v) is 8.66. The van der Waals surface area contributed by atoms with Gasteiger partial charge in [-0.3, -0.25) is 9.10 Å². The van der Waals surface area contributed by atoms with Crippen LogP contribution in [0.2, 0.25) is 0 Å². The van der Waals surface area contributed by atoms with Crippen LogP contribution in [0.5, 0.6) is 0 Å².